The highest BCUT2D eigenvalue weighted by Gasteiger charge is 2.35. The van der Waals surface area contributed by atoms with E-state index in [1.54, 1.807) is 6.92 Å². The lowest BCUT2D eigenvalue weighted by atomic mass is 9.99. The van der Waals surface area contributed by atoms with E-state index in [9.17, 15) is 23.1 Å². The predicted octanol–water partition coefficient (Wildman–Crippen LogP) is 6.87. The zero-order valence-electron chi connectivity index (χ0n) is 19.1. The van der Waals surface area contributed by atoms with Crippen molar-refractivity contribution >= 4 is 29.1 Å². The van der Waals surface area contributed by atoms with Crippen molar-refractivity contribution in [3.8, 4) is 27.5 Å². The molecule has 0 bridgehead atoms. The monoisotopic (exact) mass is 516 g/mol. The van der Waals surface area contributed by atoms with Gasteiger partial charge in [-0.15, -0.1) is 11.8 Å². The smallest absolute Gasteiger partial charge is 0.416 e. The molecule has 1 aliphatic rings. The van der Waals surface area contributed by atoms with Gasteiger partial charge in [-0.1, -0.05) is 17.4 Å². The lowest BCUT2D eigenvalue weighted by molar-refractivity contribution is -0.137. The lowest BCUT2D eigenvalue weighted by Gasteiger charge is -2.22. The molecule has 6 nitrogen and oxygen atoms in total. The molecule has 11 heteroatoms. The number of fused-ring (bicyclic) bond motifs is 3. The number of carbonyl (C=O) groups is 1. The molecule has 0 saturated carbocycles. The highest BCUT2D eigenvalue weighted by atomic mass is 32.2. The van der Waals surface area contributed by atoms with E-state index in [0.29, 0.717) is 38.8 Å². The molecule has 1 unspecified atom stereocenters. The van der Waals surface area contributed by atoms with Crippen LogP contribution in [0.1, 0.15) is 50.9 Å². The summed E-state index contributed by atoms with van der Waals surface area (Å²) >= 11 is 2.68. The number of aromatic nitrogens is 4. The van der Waals surface area contributed by atoms with Gasteiger partial charge in [-0.3, -0.25) is 4.98 Å². The maximum absolute atomic E-state index is 13.3. The van der Waals surface area contributed by atoms with Gasteiger partial charge in [-0.2, -0.15) is 23.0 Å². The molecule has 0 saturated heterocycles. The number of hydrogen-bond acceptors (Lipinski definition) is 6. The van der Waals surface area contributed by atoms with E-state index in [0.717, 1.165) is 21.7 Å². The lowest BCUT2D eigenvalue weighted by Crippen LogP contribution is -2.09. The zero-order chi connectivity index (χ0) is 25.2. The standard InChI is InChI=1S/C24H19F3N4O2S2/c1-10-7-14(8-11(2)28-10)18-12(3)30-31(20(18)21(32)33)23-29-19-16-6-5-15(24(25,26)27)9-17(16)13(4)34-22(19)35-23/h5-9,13H,1-4H3,(H,32,33). The van der Waals surface area contributed by atoms with Gasteiger partial charge in [0.15, 0.2) is 5.69 Å². The minimum Gasteiger partial charge on any atom is -0.476 e. The van der Waals surface area contributed by atoms with Crippen LogP contribution in [0.15, 0.2) is 34.5 Å². The summed E-state index contributed by atoms with van der Waals surface area (Å²) in [6.07, 6.45) is -4.43. The molecule has 35 heavy (non-hydrogen) atoms. The Labute approximate surface area is 206 Å². The summed E-state index contributed by atoms with van der Waals surface area (Å²) in [6.45, 7) is 7.26. The molecule has 1 atom stereocenters. The number of alkyl halides is 3. The fourth-order valence-electron chi connectivity index (χ4n) is 4.34. The number of pyridine rings is 1. The van der Waals surface area contributed by atoms with Crippen LogP contribution in [0.4, 0.5) is 13.2 Å². The van der Waals surface area contributed by atoms with Crippen molar-refractivity contribution in [3.63, 3.8) is 0 Å². The number of thioether (sulfide) groups is 1. The first kappa shape index (κ1) is 23.6. The van der Waals surface area contributed by atoms with E-state index in [2.05, 4.69) is 15.1 Å². The number of rotatable bonds is 3. The first-order valence-electron chi connectivity index (χ1n) is 10.6. The van der Waals surface area contributed by atoms with Crippen LogP contribution < -0.4 is 0 Å². The van der Waals surface area contributed by atoms with Crippen molar-refractivity contribution in [2.45, 2.75) is 43.3 Å². The van der Waals surface area contributed by atoms with Crippen LogP contribution in [0, 0.1) is 20.8 Å². The Morgan fingerprint density at radius 1 is 1.09 bits per heavy atom. The van der Waals surface area contributed by atoms with Crippen molar-refractivity contribution in [1.29, 1.82) is 0 Å². The summed E-state index contributed by atoms with van der Waals surface area (Å²) in [7, 11) is 0. The first-order valence-corrected chi connectivity index (χ1v) is 12.3. The molecule has 0 radical (unpaired) electrons. The van der Waals surface area contributed by atoms with Crippen LogP contribution in [0.5, 0.6) is 0 Å². The number of nitrogens with zero attached hydrogens (tertiary/aromatic N) is 4. The Kier molecular flexibility index (Phi) is 5.52. The van der Waals surface area contributed by atoms with E-state index in [4.69, 9.17) is 0 Å². The van der Waals surface area contributed by atoms with E-state index in [1.807, 2.05) is 32.9 Å². The zero-order valence-corrected chi connectivity index (χ0v) is 20.7. The largest absolute Gasteiger partial charge is 0.476 e. The van der Waals surface area contributed by atoms with Gasteiger partial charge in [0, 0.05) is 27.8 Å². The minimum atomic E-state index is -4.43. The fraction of sp³-hybridized carbons (Fsp3) is 0.250. The average molecular weight is 517 g/mol. The van der Waals surface area contributed by atoms with Gasteiger partial charge >= 0.3 is 12.1 Å². The third kappa shape index (κ3) is 4.02. The second-order valence-corrected chi connectivity index (χ2v) is 10.9. The highest BCUT2D eigenvalue weighted by Crippen LogP contribution is 2.52. The van der Waals surface area contributed by atoms with Gasteiger partial charge < -0.3 is 5.11 Å². The Hall–Kier alpha value is -3.18. The number of carboxylic acid groups (broad SMARTS) is 1. The summed E-state index contributed by atoms with van der Waals surface area (Å²) in [5, 5.41) is 14.8. The van der Waals surface area contributed by atoms with Crippen LogP contribution in [0.25, 0.3) is 27.5 Å². The number of hydrogen-bond donors (Lipinski definition) is 1. The Bertz CT molecular complexity index is 1490. The van der Waals surface area contributed by atoms with Crippen molar-refractivity contribution < 1.29 is 23.1 Å². The third-order valence-electron chi connectivity index (χ3n) is 5.75. The Morgan fingerprint density at radius 3 is 2.40 bits per heavy atom. The molecular formula is C24H19F3N4O2S2. The van der Waals surface area contributed by atoms with E-state index in [-0.39, 0.29) is 10.9 Å². The molecule has 0 spiro atoms. The average Bonchev–Trinajstić information content (AvgIpc) is 3.33. The van der Waals surface area contributed by atoms with Crippen LogP contribution in [0.3, 0.4) is 0 Å². The minimum absolute atomic E-state index is 0.0238. The molecule has 4 aromatic rings. The van der Waals surface area contributed by atoms with Crippen molar-refractivity contribution in [2.24, 2.45) is 0 Å². The molecule has 5 rings (SSSR count). The van der Waals surface area contributed by atoms with Gasteiger partial charge in [0.25, 0.3) is 0 Å². The molecular weight excluding hydrogens is 497 g/mol. The first-order chi connectivity index (χ1) is 16.4. The Balaban J connectivity index is 1.67. The molecule has 1 aliphatic heterocycles. The van der Waals surface area contributed by atoms with Crippen LogP contribution in [0.2, 0.25) is 0 Å². The summed E-state index contributed by atoms with van der Waals surface area (Å²) in [4.78, 5) is 21.4. The van der Waals surface area contributed by atoms with E-state index < -0.39 is 17.7 Å². The van der Waals surface area contributed by atoms with Crippen LogP contribution in [-0.4, -0.2) is 30.8 Å². The molecule has 0 amide bonds. The van der Waals surface area contributed by atoms with Crippen molar-refractivity contribution in [1.82, 2.24) is 19.7 Å². The number of benzene rings is 1. The fourth-order valence-corrected chi connectivity index (χ4v) is 6.87. The highest BCUT2D eigenvalue weighted by molar-refractivity contribution is 8.01. The molecule has 0 aliphatic carbocycles. The van der Waals surface area contributed by atoms with Gasteiger partial charge in [0.2, 0.25) is 5.13 Å². The van der Waals surface area contributed by atoms with Gasteiger partial charge in [-0.05, 0) is 63.1 Å². The number of thiazole rings is 1. The maximum Gasteiger partial charge on any atom is 0.416 e. The number of aryl methyl sites for hydroxylation is 3. The summed E-state index contributed by atoms with van der Waals surface area (Å²) < 4.78 is 41.9. The molecule has 3 aromatic heterocycles. The topological polar surface area (TPSA) is 80.9 Å². The molecule has 1 N–H and O–H groups in total. The van der Waals surface area contributed by atoms with E-state index in [1.165, 1.54) is 39.9 Å². The summed E-state index contributed by atoms with van der Waals surface area (Å²) in [5.74, 6) is -1.16. The van der Waals surface area contributed by atoms with E-state index >= 15 is 0 Å². The molecule has 4 heterocycles. The maximum atomic E-state index is 13.3. The Morgan fingerprint density at radius 2 is 1.77 bits per heavy atom. The van der Waals surface area contributed by atoms with Crippen LogP contribution in [-0.2, 0) is 6.18 Å². The van der Waals surface area contributed by atoms with Gasteiger partial charge in [-0.25, -0.2) is 9.78 Å². The summed E-state index contributed by atoms with van der Waals surface area (Å²) in [6, 6.07) is 7.29. The van der Waals surface area contributed by atoms with Gasteiger partial charge in [0.05, 0.1) is 21.2 Å². The number of halogens is 3. The molecule has 0 fully saturated rings. The summed E-state index contributed by atoms with van der Waals surface area (Å²) in [5.41, 5.74) is 4.20. The SMILES string of the molecule is Cc1cc(-c2c(C)nn(-c3nc4c(s3)SC(C)c3cc(C(F)(F)F)ccc3-4)c2C(=O)O)cc(C)n1. The second-order valence-electron chi connectivity index (χ2n) is 8.36. The molecule has 180 valence electrons. The third-order valence-corrected chi connectivity index (χ3v) is 8.13. The van der Waals surface area contributed by atoms with Gasteiger partial charge in [0.1, 0.15) is 0 Å². The predicted molar refractivity (Wildman–Crippen MR) is 128 cm³/mol. The molecule has 1 aromatic carbocycles. The van der Waals surface area contributed by atoms with Crippen molar-refractivity contribution in [3.05, 3.63) is 64.2 Å². The quantitative estimate of drug-likeness (QED) is 0.320. The number of carboxylic acids is 1. The number of aromatic carboxylic acids is 1. The van der Waals surface area contributed by atoms with Crippen molar-refractivity contribution in [2.75, 3.05) is 0 Å². The second kappa shape index (κ2) is 8.20. The normalized spacial score (nSPS) is 15.1. The van der Waals surface area contributed by atoms with Crippen LogP contribution >= 0.6 is 23.1 Å².